The third-order valence-corrected chi connectivity index (χ3v) is 4.86. The first-order valence-corrected chi connectivity index (χ1v) is 9.12. The standard InChI is InChI=1S/C17H17FN4OS2/c18-13-4-1-3-12(11-13)6-8-19-15(23)7-9-22-16(20-21-17(22)24)14-5-2-10-25-14/h1-5,10-11H,6-9H2,(H,19,23)(H,21,24). The maximum atomic E-state index is 13.1. The first-order chi connectivity index (χ1) is 12.1. The Kier molecular flexibility index (Phi) is 5.72. The number of benzene rings is 1. The third kappa shape index (κ3) is 4.61. The van der Waals surface area contributed by atoms with Gasteiger partial charge in [-0.3, -0.25) is 14.5 Å². The predicted octanol–water partition coefficient (Wildman–Crippen LogP) is 3.56. The summed E-state index contributed by atoms with van der Waals surface area (Å²) >= 11 is 6.81. The third-order valence-electron chi connectivity index (χ3n) is 3.69. The van der Waals surface area contributed by atoms with Gasteiger partial charge in [-0.2, -0.15) is 5.10 Å². The number of amides is 1. The van der Waals surface area contributed by atoms with Crippen molar-refractivity contribution < 1.29 is 9.18 Å². The van der Waals surface area contributed by atoms with E-state index in [1.807, 2.05) is 28.1 Å². The van der Waals surface area contributed by atoms with Crippen LogP contribution in [0, 0.1) is 10.6 Å². The van der Waals surface area contributed by atoms with E-state index < -0.39 is 0 Å². The summed E-state index contributed by atoms with van der Waals surface area (Å²) < 4.78 is 15.4. The molecule has 0 atom stereocenters. The largest absolute Gasteiger partial charge is 0.356 e. The zero-order valence-corrected chi connectivity index (χ0v) is 15.0. The van der Waals surface area contributed by atoms with Gasteiger partial charge in [-0.1, -0.05) is 18.2 Å². The maximum absolute atomic E-state index is 13.1. The van der Waals surface area contributed by atoms with E-state index >= 15 is 0 Å². The molecule has 1 amide bonds. The Labute approximate surface area is 153 Å². The van der Waals surface area contributed by atoms with Crippen LogP contribution in [0.15, 0.2) is 41.8 Å². The second-order valence-electron chi connectivity index (χ2n) is 5.46. The molecule has 3 aromatic rings. The molecule has 2 N–H and O–H groups in total. The van der Waals surface area contributed by atoms with Crippen LogP contribution in [0.25, 0.3) is 10.7 Å². The molecule has 0 aliphatic carbocycles. The minimum atomic E-state index is -0.265. The molecule has 1 aromatic carbocycles. The van der Waals surface area contributed by atoms with Crippen LogP contribution in [0.4, 0.5) is 4.39 Å². The Morgan fingerprint density at radius 2 is 2.24 bits per heavy atom. The van der Waals surface area contributed by atoms with Crippen LogP contribution >= 0.6 is 23.6 Å². The van der Waals surface area contributed by atoms with Crippen LogP contribution < -0.4 is 5.32 Å². The number of halogens is 1. The number of thiophene rings is 1. The van der Waals surface area contributed by atoms with Gasteiger partial charge in [0.15, 0.2) is 10.6 Å². The molecule has 0 fully saturated rings. The fourth-order valence-electron chi connectivity index (χ4n) is 2.46. The average Bonchev–Trinajstić information content (AvgIpc) is 3.22. The Morgan fingerprint density at radius 1 is 1.36 bits per heavy atom. The molecular weight excluding hydrogens is 359 g/mol. The minimum Gasteiger partial charge on any atom is -0.356 e. The highest BCUT2D eigenvalue weighted by atomic mass is 32.1. The van der Waals surface area contributed by atoms with Gasteiger partial charge < -0.3 is 5.32 Å². The monoisotopic (exact) mass is 376 g/mol. The van der Waals surface area contributed by atoms with Crippen LogP contribution in [-0.4, -0.2) is 27.2 Å². The summed E-state index contributed by atoms with van der Waals surface area (Å²) in [5, 5.41) is 11.8. The number of hydrogen-bond acceptors (Lipinski definition) is 4. The van der Waals surface area contributed by atoms with Crippen LogP contribution in [0.2, 0.25) is 0 Å². The van der Waals surface area contributed by atoms with Crippen molar-refractivity contribution >= 4 is 29.5 Å². The molecule has 5 nitrogen and oxygen atoms in total. The van der Waals surface area contributed by atoms with Gasteiger partial charge in [-0.05, 0) is 47.8 Å². The molecule has 25 heavy (non-hydrogen) atoms. The van der Waals surface area contributed by atoms with Crippen molar-refractivity contribution in [2.75, 3.05) is 6.54 Å². The molecule has 2 heterocycles. The molecule has 0 aliphatic rings. The number of carbonyl (C=O) groups excluding carboxylic acids is 1. The van der Waals surface area contributed by atoms with Crippen LogP contribution in [0.5, 0.6) is 0 Å². The van der Waals surface area contributed by atoms with Crippen molar-refractivity contribution in [1.82, 2.24) is 20.1 Å². The molecule has 0 saturated carbocycles. The lowest BCUT2D eigenvalue weighted by molar-refractivity contribution is -0.121. The van der Waals surface area contributed by atoms with Gasteiger partial charge >= 0.3 is 0 Å². The van der Waals surface area contributed by atoms with E-state index in [0.717, 1.165) is 16.3 Å². The van der Waals surface area contributed by atoms with Gasteiger partial charge in [0, 0.05) is 19.5 Å². The summed E-state index contributed by atoms with van der Waals surface area (Å²) in [7, 11) is 0. The van der Waals surface area contributed by atoms with Gasteiger partial charge in [0.05, 0.1) is 4.88 Å². The lowest BCUT2D eigenvalue weighted by Gasteiger charge is -2.07. The molecule has 0 spiro atoms. The van der Waals surface area contributed by atoms with Crippen molar-refractivity contribution in [2.24, 2.45) is 0 Å². The van der Waals surface area contributed by atoms with Gasteiger partial charge in [0.1, 0.15) is 5.82 Å². The summed E-state index contributed by atoms with van der Waals surface area (Å²) in [6.07, 6.45) is 0.893. The van der Waals surface area contributed by atoms with Crippen molar-refractivity contribution in [3.8, 4) is 10.7 Å². The van der Waals surface area contributed by atoms with Gasteiger partial charge in [-0.15, -0.1) is 11.3 Å². The lowest BCUT2D eigenvalue weighted by atomic mass is 10.1. The highest BCUT2D eigenvalue weighted by Crippen LogP contribution is 2.22. The van der Waals surface area contributed by atoms with Crippen molar-refractivity contribution in [3.63, 3.8) is 0 Å². The predicted molar refractivity (Wildman–Crippen MR) is 98.5 cm³/mol. The van der Waals surface area contributed by atoms with Gasteiger partial charge in [0.2, 0.25) is 5.91 Å². The van der Waals surface area contributed by atoms with E-state index in [1.165, 1.54) is 12.1 Å². The molecule has 130 valence electrons. The van der Waals surface area contributed by atoms with Crippen molar-refractivity contribution in [3.05, 3.63) is 57.9 Å². The lowest BCUT2D eigenvalue weighted by Crippen LogP contribution is -2.26. The molecule has 0 unspecified atom stereocenters. The van der Waals surface area contributed by atoms with Gasteiger partial charge in [-0.25, -0.2) is 4.39 Å². The minimum absolute atomic E-state index is 0.0726. The van der Waals surface area contributed by atoms with Crippen LogP contribution in [0.3, 0.4) is 0 Å². The Bertz CT molecular complexity index is 902. The number of hydrogen-bond donors (Lipinski definition) is 2. The summed E-state index contributed by atoms with van der Waals surface area (Å²) in [5.41, 5.74) is 0.859. The molecule has 8 heteroatoms. The number of rotatable bonds is 7. The molecule has 0 radical (unpaired) electrons. The smallest absolute Gasteiger partial charge is 0.221 e. The van der Waals surface area contributed by atoms with E-state index in [0.29, 0.717) is 30.7 Å². The topological polar surface area (TPSA) is 62.7 Å². The zero-order chi connectivity index (χ0) is 17.6. The average molecular weight is 376 g/mol. The molecule has 0 saturated heterocycles. The van der Waals surface area contributed by atoms with Crippen LogP contribution in [0.1, 0.15) is 12.0 Å². The summed E-state index contributed by atoms with van der Waals surface area (Å²) in [6, 6.07) is 10.3. The number of nitrogens with zero attached hydrogens (tertiary/aromatic N) is 2. The van der Waals surface area contributed by atoms with E-state index in [2.05, 4.69) is 15.5 Å². The molecular formula is C17H17FN4OS2. The Balaban J connectivity index is 1.51. The van der Waals surface area contributed by atoms with E-state index in [4.69, 9.17) is 12.2 Å². The second-order valence-corrected chi connectivity index (χ2v) is 6.80. The van der Waals surface area contributed by atoms with Crippen LogP contribution in [-0.2, 0) is 17.8 Å². The molecule has 3 rings (SSSR count). The molecule has 2 aromatic heterocycles. The number of aromatic amines is 1. The second kappa shape index (κ2) is 8.17. The Morgan fingerprint density at radius 3 is 3.00 bits per heavy atom. The summed E-state index contributed by atoms with van der Waals surface area (Å²) in [4.78, 5) is 13.0. The number of carbonyl (C=O) groups is 1. The van der Waals surface area contributed by atoms with E-state index in [9.17, 15) is 9.18 Å². The number of H-pyrrole nitrogens is 1. The van der Waals surface area contributed by atoms with E-state index in [-0.39, 0.29) is 11.7 Å². The summed E-state index contributed by atoms with van der Waals surface area (Å²) in [6.45, 7) is 0.922. The first-order valence-electron chi connectivity index (χ1n) is 7.84. The van der Waals surface area contributed by atoms with E-state index in [1.54, 1.807) is 17.4 Å². The maximum Gasteiger partial charge on any atom is 0.221 e. The molecule has 0 aliphatic heterocycles. The number of nitrogens with one attached hydrogen (secondary N) is 2. The van der Waals surface area contributed by atoms with Crippen molar-refractivity contribution in [1.29, 1.82) is 0 Å². The highest BCUT2D eigenvalue weighted by Gasteiger charge is 2.11. The van der Waals surface area contributed by atoms with Gasteiger partial charge in [0.25, 0.3) is 0 Å². The highest BCUT2D eigenvalue weighted by molar-refractivity contribution is 7.71. The first kappa shape index (κ1) is 17.5. The Hall–Kier alpha value is -2.32. The number of aromatic nitrogens is 3. The quantitative estimate of drug-likeness (QED) is 0.620. The van der Waals surface area contributed by atoms with Crippen molar-refractivity contribution in [2.45, 2.75) is 19.4 Å². The normalized spacial score (nSPS) is 10.8. The fourth-order valence-corrected chi connectivity index (χ4v) is 3.41. The SMILES string of the molecule is O=C(CCn1c(-c2cccs2)n[nH]c1=S)NCCc1cccc(F)c1. The molecule has 0 bridgehead atoms. The summed E-state index contributed by atoms with van der Waals surface area (Å²) in [5.74, 6) is 0.406. The zero-order valence-electron chi connectivity index (χ0n) is 13.4. The fraction of sp³-hybridized carbons (Fsp3) is 0.235.